The Morgan fingerprint density at radius 2 is 2.19 bits per heavy atom. The van der Waals surface area contributed by atoms with E-state index in [0.29, 0.717) is 10.7 Å². The number of oxime groups is 1. The van der Waals surface area contributed by atoms with Crippen LogP contribution in [0, 0.1) is 5.82 Å². The SMILES string of the molecule is O=C(CSc1nonc1/C(=N/O)Nc1ccc(F)c(Br)c1)NC1CCCC1. The molecular weight excluding hydrogens is 441 g/mol. The van der Waals surface area contributed by atoms with Gasteiger partial charge in [-0.3, -0.25) is 4.79 Å². The number of amides is 1. The van der Waals surface area contributed by atoms with Crippen LogP contribution in [0.3, 0.4) is 0 Å². The number of thioether (sulfide) groups is 1. The van der Waals surface area contributed by atoms with Gasteiger partial charge in [-0.05, 0) is 57.3 Å². The third kappa shape index (κ3) is 5.19. The molecule has 1 saturated carbocycles. The summed E-state index contributed by atoms with van der Waals surface area (Å²) < 4.78 is 18.3. The number of hydrogen-bond acceptors (Lipinski definition) is 7. The van der Waals surface area contributed by atoms with Crippen LogP contribution in [0.1, 0.15) is 31.4 Å². The lowest BCUT2D eigenvalue weighted by molar-refractivity contribution is -0.119. The Morgan fingerprint density at radius 1 is 1.41 bits per heavy atom. The fraction of sp³-hybridized carbons (Fsp3) is 0.375. The molecule has 1 fully saturated rings. The highest BCUT2D eigenvalue weighted by Gasteiger charge is 2.21. The molecule has 27 heavy (non-hydrogen) atoms. The van der Waals surface area contributed by atoms with Crippen molar-refractivity contribution < 1.29 is 19.0 Å². The van der Waals surface area contributed by atoms with Crippen LogP contribution >= 0.6 is 27.7 Å². The minimum Gasteiger partial charge on any atom is -0.409 e. The van der Waals surface area contributed by atoms with Gasteiger partial charge >= 0.3 is 0 Å². The van der Waals surface area contributed by atoms with Crippen LogP contribution in [-0.4, -0.2) is 39.1 Å². The average molecular weight is 458 g/mol. The maximum Gasteiger partial charge on any atom is 0.230 e. The second kappa shape index (κ2) is 9.18. The van der Waals surface area contributed by atoms with Gasteiger partial charge in [0, 0.05) is 11.7 Å². The smallest absolute Gasteiger partial charge is 0.230 e. The molecule has 1 aliphatic rings. The largest absolute Gasteiger partial charge is 0.409 e. The summed E-state index contributed by atoms with van der Waals surface area (Å²) in [5, 5.41) is 26.1. The molecule has 3 N–H and O–H groups in total. The van der Waals surface area contributed by atoms with Crippen molar-refractivity contribution in [2.75, 3.05) is 11.1 Å². The third-order valence-corrected chi connectivity index (χ3v) is 5.58. The van der Waals surface area contributed by atoms with Crippen molar-refractivity contribution in [3.8, 4) is 0 Å². The second-order valence-corrected chi connectivity index (χ2v) is 7.78. The highest BCUT2D eigenvalue weighted by molar-refractivity contribution is 9.10. The minimum absolute atomic E-state index is 0.0338. The highest BCUT2D eigenvalue weighted by Crippen LogP contribution is 2.24. The summed E-state index contributed by atoms with van der Waals surface area (Å²) >= 11 is 4.21. The Bertz CT molecular complexity index is 841. The van der Waals surface area contributed by atoms with E-state index in [2.05, 4.69) is 42.0 Å². The molecule has 1 aromatic heterocycles. The molecule has 0 radical (unpaired) electrons. The van der Waals surface area contributed by atoms with Crippen molar-refractivity contribution in [2.45, 2.75) is 36.8 Å². The standard InChI is InChI=1S/C16H17BrFN5O3S/c17-11-7-10(5-6-12(11)18)20-15(21-25)14-16(23-26-22-14)27-8-13(24)19-9-3-1-2-4-9/h5-7,9,25H,1-4,8H2,(H,19,24)(H,20,21). The highest BCUT2D eigenvalue weighted by atomic mass is 79.9. The predicted octanol–water partition coefficient (Wildman–Crippen LogP) is 3.37. The molecule has 8 nitrogen and oxygen atoms in total. The minimum atomic E-state index is -0.421. The summed E-state index contributed by atoms with van der Waals surface area (Å²) in [7, 11) is 0. The number of carbonyl (C=O) groups is 1. The van der Waals surface area contributed by atoms with Crippen molar-refractivity contribution in [2.24, 2.45) is 5.16 Å². The summed E-state index contributed by atoms with van der Waals surface area (Å²) in [6.07, 6.45) is 4.28. The van der Waals surface area contributed by atoms with Gasteiger partial charge in [-0.1, -0.05) is 29.8 Å². The number of nitrogens with zero attached hydrogens (tertiary/aromatic N) is 3. The van der Waals surface area contributed by atoms with Crippen LogP contribution < -0.4 is 10.6 Å². The molecule has 2 aromatic rings. The fourth-order valence-corrected chi connectivity index (χ4v) is 3.82. The molecule has 3 rings (SSSR count). The van der Waals surface area contributed by atoms with Gasteiger partial charge in [0.05, 0.1) is 10.2 Å². The van der Waals surface area contributed by atoms with E-state index in [1.807, 2.05) is 0 Å². The quantitative estimate of drug-likeness (QED) is 0.200. The van der Waals surface area contributed by atoms with Gasteiger partial charge in [-0.15, -0.1) is 0 Å². The number of rotatable bonds is 6. The molecule has 1 aromatic carbocycles. The first-order chi connectivity index (χ1) is 13.1. The molecule has 0 bridgehead atoms. The van der Waals surface area contributed by atoms with Crippen molar-refractivity contribution >= 4 is 45.1 Å². The van der Waals surface area contributed by atoms with Crippen molar-refractivity contribution in [1.29, 1.82) is 0 Å². The Kier molecular flexibility index (Phi) is 6.67. The number of anilines is 1. The predicted molar refractivity (Wildman–Crippen MR) is 101 cm³/mol. The van der Waals surface area contributed by atoms with E-state index < -0.39 is 5.82 Å². The molecule has 144 valence electrons. The monoisotopic (exact) mass is 457 g/mol. The third-order valence-electron chi connectivity index (χ3n) is 4.03. The summed E-state index contributed by atoms with van der Waals surface area (Å²) in [6.45, 7) is 0. The summed E-state index contributed by atoms with van der Waals surface area (Å²) in [5.74, 6) is -0.415. The first-order valence-electron chi connectivity index (χ1n) is 8.26. The molecule has 0 atom stereocenters. The lowest BCUT2D eigenvalue weighted by Gasteiger charge is -2.11. The van der Waals surface area contributed by atoms with Gasteiger partial charge in [0.1, 0.15) is 5.82 Å². The van der Waals surface area contributed by atoms with Crippen molar-refractivity contribution in [3.05, 3.63) is 34.2 Å². The molecule has 1 amide bonds. The van der Waals surface area contributed by atoms with E-state index in [9.17, 15) is 14.4 Å². The second-order valence-electron chi connectivity index (χ2n) is 5.96. The van der Waals surface area contributed by atoms with Crippen LogP contribution in [0.5, 0.6) is 0 Å². The molecular formula is C16H17BrFN5O3S. The lowest BCUT2D eigenvalue weighted by Crippen LogP contribution is -2.33. The zero-order valence-corrected chi connectivity index (χ0v) is 16.5. The molecule has 1 aliphatic carbocycles. The Balaban J connectivity index is 1.63. The van der Waals surface area contributed by atoms with E-state index >= 15 is 0 Å². The van der Waals surface area contributed by atoms with Gasteiger partial charge in [0.2, 0.25) is 11.7 Å². The van der Waals surface area contributed by atoms with Gasteiger partial charge < -0.3 is 15.8 Å². The number of halogens is 2. The van der Waals surface area contributed by atoms with E-state index in [4.69, 9.17) is 4.63 Å². The van der Waals surface area contributed by atoms with Crippen LogP contribution in [0.4, 0.5) is 10.1 Å². The van der Waals surface area contributed by atoms with Crippen molar-refractivity contribution in [3.63, 3.8) is 0 Å². The van der Waals surface area contributed by atoms with Crippen molar-refractivity contribution in [1.82, 2.24) is 15.6 Å². The molecule has 1 heterocycles. The fourth-order valence-electron chi connectivity index (χ4n) is 2.74. The Hall–Kier alpha value is -2.14. The van der Waals surface area contributed by atoms with Gasteiger partial charge in [0.15, 0.2) is 10.7 Å². The van der Waals surface area contributed by atoms with Gasteiger partial charge in [-0.2, -0.15) is 0 Å². The lowest BCUT2D eigenvalue weighted by atomic mass is 10.2. The average Bonchev–Trinajstić information content (AvgIpc) is 3.32. The zero-order valence-electron chi connectivity index (χ0n) is 14.1. The topological polar surface area (TPSA) is 113 Å². The number of nitrogens with one attached hydrogen (secondary N) is 2. The normalized spacial score (nSPS) is 15.1. The summed E-state index contributed by atoms with van der Waals surface area (Å²) in [6, 6.07) is 4.45. The van der Waals surface area contributed by atoms with E-state index in [0.717, 1.165) is 37.4 Å². The number of amidine groups is 1. The van der Waals surface area contributed by atoms with Crippen LogP contribution in [-0.2, 0) is 4.79 Å². The first-order valence-corrected chi connectivity index (χ1v) is 10.0. The van der Waals surface area contributed by atoms with Gasteiger partial charge in [0.25, 0.3) is 0 Å². The zero-order chi connectivity index (χ0) is 19.2. The number of benzene rings is 1. The van der Waals surface area contributed by atoms with E-state index in [1.165, 1.54) is 18.2 Å². The molecule has 0 aliphatic heterocycles. The molecule has 0 saturated heterocycles. The molecule has 0 spiro atoms. The maximum absolute atomic E-state index is 13.3. The maximum atomic E-state index is 13.3. The van der Waals surface area contributed by atoms with Crippen LogP contribution in [0.2, 0.25) is 0 Å². The molecule has 0 unspecified atom stereocenters. The first kappa shape index (κ1) is 19.6. The molecule has 11 heteroatoms. The van der Waals surface area contributed by atoms with Crippen LogP contribution in [0.25, 0.3) is 0 Å². The van der Waals surface area contributed by atoms with Crippen LogP contribution in [0.15, 0.2) is 37.5 Å². The summed E-state index contributed by atoms with van der Waals surface area (Å²) in [4.78, 5) is 12.1. The van der Waals surface area contributed by atoms with Gasteiger partial charge in [-0.25, -0.2) is 9.02 Å². The Labute approximate surface area is 167 Å². The number of hydrogen-bond donors (Lipinski definition) is 3. The van der Waals surface area contributed by atoms with E-state index in [-0.39, 0.29) is 33.7 Å². The summed E-state index contributed by atoms with van der Waals surface area (Å²) in [5.41, 5.74) is 0.616. The number of aromatic nitrogens is 2. The number of carbonyl (C=O) groups excluding carboxylic acids is 1. The van der Waals surface area contributed by atoms with E-state index in [1.54, 1.807) is 0 Å². The Morgan fingerprint density at radius 3 is 2.89 bits per heavy atom.